The highest BCUT2D eigenvalue weighted by atomic mass is 32.2. The van der Waals surface area contributed by atoms with Crippen molar-refractivity contribution in [3.63, 3.8) is 0 Å². The summed E-state index contributed by atoms with van der Waals surface area (Å²) in [5.74, 6) is -1.60. The van der Waals surface area contributed by atoms with Crippen LogP contribution in [0, 0.1) is 5.82 Å². The Morgan fingerprint density at radius 3 is 2.61 bits per heavy atom. The second-order valence-corrected chi connectivity index (χ2v) is 10.3. The van der Waals surface area contributed by atoms with Crippen molar-refractivity contribution in [2.45, 2.75) is 37.0 Å². The lowest BCUT2D eigenvalue weighted by Crippen LogP contribution is -2.39. The van der Waals surface area contributed by atoms with Crippen LogP contribution >= 0.6 is 11.8 Å². The minimum absolute atomic E-state index is 0.0281. The van der Waals surface area contributed by atoms with Gasteiger partial charge in [0.2, 0.25) is 5.91 Å². The van der Waals surface area contributed by atoms with E-state index in [1.807, 2.05) is 4.90 Å². The summed E-state index contributed by atoms with van der Waals surface area (Å²) in [5.41, 5.74) is 0.905. The standard InChI is InChI=1S/C18H21FN2O5S2/c19-13-6-4-12(5-7-13)8-9-21-14-10-28(25,26)11-15(14)27-18(21)20-16(22)2-1-3-17(23)24/h4-7,14-15H,1-3,8-11H2,(H,23,24). The molecule has 152 valence electrons. The first-order chi connectivity index (χ1) is 13.2. The van der Waals surface area contributed by atoms with Gasteiger partial charge in [0, 0.05) is 24.6 Å². The predicted molar refractivity (Wildman–Crippen MR) is 105 cm³/mol. The van der Waals surface area contributed by atoms with Crippen LogP contribution < -0.4 is 0 Å². The number of carboxylic acids is 1. The summed E-state index contributed by atoms with van der Waals surface area (Å²) >= 11 is 1.30. The first-order valence-electron chi connectivity index (χ1n) is 8.95. The Kier molecular flexibility index (Phi) is 6.39. The van der Waals surface area contributed by atoms with Crippen LogP contribution in [0.5, 0.6) is 0 Å². The van der Waals surface area contributed by atoms with Gasteiger partial charge in [-0.05, 0) is 30.5 Å². The molecule has 1 aromatic carbocycles. The number of thioether (sulfide) groups is 1. The highest BCUT2D eigenvalue weighted by Gasteiger charge is 2.48. The van der Waals surface area contributed by atoms with Crippen molar-refractivity contribution in [3.05, 3.63) is 35.6 Å². The summed E-state index contributed by atoms with van der Waals surface area (Å²) in [4.78, 5) is 28.7. The van der Waals surface area contributed by atoms with Crippen molar-refractivity contribution in [1.29, 1.82) is 0 Å². The van der Waals surface area contributed by atoms with E-state index < -0.39 is 21.7 Å². The van der Waals surface area contributed by atoms with Gasteiger partial charge in [-0.1, -0.05) is 23.9 Å². The number of hydrogen-bond acceptors (Lipinski definition) is 5. The van der Waals surface area contributed by atoms with Gasteiger partial charge in [-0.25, -0.2) is 12.8 Å². The third-order valence-electron chi connectivity index (χ3n) is 4.73. The van der Waals surface area contributed by atoms with Crippen LogP contribution in [-0.4, -0.2) is 64.8 Å². The topological polar surface area (TPSA) is 104 Å². The highest BCUT2D eigenvalue weighted by Crippen LogP contribution is 2.38. The molecule has 2 aliphatic heterocycles. The summed E-state index contributed by atoms with van der Waals surface area (Å²) in [5, 5.41) is 9.00. The molecule has 2 unspecified atom stereocenters. The number of sulfone groups is 1. The van der Waals surface area contributed by atoms with Crippen molar-refractivity contribution in [1.82, 2.24) is 4.90 Å². The van der Waals surface area contributed by atoms with E-state index in [-0.39, 0.29) is 47.9 Å². The lowest BCUT2D eigenvalue weighted by Gasteiger charge is -2.24. The van der Waals surface area contributed by atoms with E-state index in [1.54, 1.807) is 12.1 Å². The molecule has 7 nitrogen and oxygen atoms in total. The maximum atomic E-state index is 13.1. The molecule has 1 amide bonds. The molecular weight excluding hydrogens is 407 g/mol. The highest BCUT2D eigenvalue weighted by molar-refractivity contribution is 8.15. The van der Waals surface area contributed by atoms with E-state index in [4.69, 9.17) is 5.11 Å². The maximum absolute atomic E-state index is 13.1. The summed E-state index contributed by atoms with van der Waals surface area (Å²) in [6.07, 6.45) is 0.722. The molecule has 2 saturated heterocycles. The summed E-state index contributed by atoms with van der Waals surface area (Å²) < 4.78 is 37.1. The molecule has 0 spiro atoms. The number of aliphatic carboxylic acids is 1. The molecule has 0 aliphatic carbocycles. The Balaban J connectivity index is 1.70. The average molecular weight is 429 g/mol. The van der Waals surface area contributed by atoms with Gasteiger partial charge < -0.3 is 10.0 Å². The van der Waals surface area contributed by atoms with Crippen LogP contribution in [0.4, 0.5) is 4.39 Å². The Bertz CT molecular complexity index is 886. The first-order valence-corrected chi connectivity index (χ1v) is 11.6. The zero-order valence-electron chi connectivity index (χ0n) is 15.1. The largest absolute Gasteiger partial charge is 0.481 e. The minimum atomic E-state index is -3.12. The van der Waals surface area contributed by atoms with Crippen LogP contribution in [0.25, 0.3) is 0 Å². The van der Waals surface area contributed by atoms with Crippen molar-refractivity contribution < 1.29 is 27.5 Å². The predicted octanol–water partition coefficient (Wildman–Crippen LogP) is 1.72. The fourth-order valence-electron chi connectivity index (χ4n) is 3.35. The number of amides is 1. The molecule has 0 aromatic heterocycles. The van der Waals surface area contributed by atoms with E-state index in [2.05, 4.69) is 4.99 Å². The van der Waals surface area contributed by atoms with E-state index in [9.17, 15) is 22.4 Å². The second-order valence-electron chi connectivity index (χ2n) is 6.91. The molecule has 28 heavy (non-hydrogen) atoms. The number of nitrogens with zero attached hydrogens (tertiary/aromatic N) is 2. The molecule has 0 bridgehead atoms. The van der Waals surface area contributed by atoms with Crippen LogP contribution in [0.1, 0.15) is 24.8 Å². The maximum Gasteiger partial charge on any atom is 0.303 e. The number of benzene rings is 1. The van der Waals surface area contributed by atoms with E-state index in [0.717, 1.165) is 5.56 Å². The third kappa shape index (κ3) is 5.32. The molecule has 2 heterocycles. The monoisotopic (exact) mass is 428 g/mol. The summed E-state index contributed by atoms with van der Waals surface area (Å²) in [7, 11) is -3.12. The Hall–Kier alpha value is -1.94. The van der Waals surface area contributed by atoms with Crippen LogP contribution in [-0.2, 0) is 25.8 Å². The zero-order chi connectivity index (χ0) is 20.3. The number of carboxylic acid groups (broad SMARTS) is 1. The molecule has 2 atom stereocenters. The number of carbonyl (C=O) groups excluding carboxylic acids is 1. The van der Waals surface area contributed by atoms with E-state index >= 15 is 0 Å². The van der Waals surface area contributed by atoms with E-state index in [1.165, 1.54) is 23.9 Å². The number of rotatable bonds is 7. The molecule has 3 rings (SSSR count). The van der Waals surface area contributed by atoms with Gasteiger partial charge in [-0.15, -0.1) is 0 Å². The van der Waals surface area contributed by atoms with Crippen LogP contribution in [0.3, 0.4) is 0 Å². The Labute approximate surface area is 166 Å². The lowest BCUT2D eigenvalue weighted by atomic mass is 10.1. The molecular formula is C18H21FN2O5S2. The number of carbonyl (C=O) groups is 2. The van der Waals surface area contributed by atoms with E-state index in [0.29, 0.717) is 18.1 Å². The summed E-state index contributed by atoms with van der Waals surface area (Å²) in [6, 6.07) is 5.86. The van der Waals surface area contributed by atoms with Gasteiger partial charge in [0.25, 0.3) is 0 Å². The summed E-state index contributed by atoms with van der Waals surface area (Å²) in [6.45, 7) is 0.469. The van der Waals surface area contributed by atoms with Crippen molar-refractivity contribution >= 4 is 38.6 Å². The Morgan fingerprint density at radius 1 is 1.21 bits per heavy atom. The smallest absolute Gasteiger partial charge is 0.303 e. The average Bonchev–Trinajstić information content (AvgIpc) is 3.05. The van der Waals surface area contributed by atoms with Crippen molar-refractivity contribution in [2.24, 2.45) is 4.99 Å². The fourth-order valence-corrected chi connectivity index (χ4v) is 7.35. The van der Waals surface area contributed by atoms with Gasteiger partial charge in [0.1, 0.15) is 5.82 Å². The van der Waals surface area contributed by atoms with Gasteiger partial charge in [0.05, 0.1) is 17.5 Å². The van der Waals surface area contributed by atoms with Crippen molar-refractivity contribution in [2.75, 3.05) is 18.1 Å². The normalized spacial score (nSPS) is 24.5. The van der Waals surface area contributed by atoms with Gasteiger partial charge in [0.15, 0.2) is 15.0 Å². The quantitative estimate of drug-likeness (QED) is 0.705. The number of aliphatic imine (C=N–C) groups is 1. The number of hydrogen-bond donors (Lipinski definition) is 1. The molecule has 0 saturated carbocycles. The van der Waals surface area contributed by atoms with Gasteiger partial charge in [-0.3, -0.25) is 9.59 Å². The molecule has 1 N–H and O–H groups in total. The number of halogens is 1. The van der Waals surface area contributed by atoms with Crippen LogP contribution in [0.2, 0.25) is 0 Å². The third-order valence-corrected chi connectivity index (χ3v) is 7.98. The molecule has 10 heteroatoms. The minimum Gasteiger partial charge on any atom is -0.481 e. The Morgan fingerprint density at radius 2 is 1.93 bits per heavy atom. The molecule has 1 aromatic rings. The molecule has 2 fully saturated rings. The number of amidine groups is 1. The van der Waals surface area contributed by atoms with Crippen molar-refractivity contribution in [3.8, 4) is 0 Å². The SMILES string of the molecule is O=C(O)CCCC(=O)N=C1SC2CS(=O)(=O)CC2N1CCc1ccc(F)cc1. The molecule has 0 radical (unpaired) electrons. The number of fused-ring (bicyclic) bond motifs is 1. The first kappa shape index (κ1) is 20.8. The second kappa shape index (κ2) is 8.60. The van der Waals surface area contributed by atoms with Gasteiger partial charge in [-0.2, -0.15) is 4.99 Å². The zero-order valence-corrected chi connectivity index (χ0v) is 16.7. The molecule has 2 aliphatic rings. The fraction of sp³-hybridized carbons (Fsp3) is 0.500. The van der Waals surface area contributed by atoms with Gasteiger partial charge >= 0.3 is 5.97 Å². The van der Waals surface area contributed by atoms with Crippen LogP contribution in [0.15, 0.2) is 29.3 Å². The lowest BCUT2D eigenvalue weighted by molar-refractivity contribution is -0.137.